The number of hydrogen-bond acceptors (Lipinski definition) is 4. The lowest BCUT2D eigenvalue weighted by molar-refractivity contribution is 0.642. The summed E-state index contributed by atoms with van der Waals surface area (Å²) in [6.45, 7) is 2.83. The van der Waals surface area contributed by atoms with E-state index < -0.39 is 0 Å². The molecule has 1 aliphatic rings. The Bertz CT molecular complexity index is 849. The van der Waals surface area contributed by atoms with E-state index in [1.54, 1.807) is 6.20 Å². The van der Waals surface area contributed by atoms with Crippen molar-refractivity contribution in [1.82, 2.24) is 24.3 Å². The zero-order chi connectivity index (χ0) is 15.3. The number of halogens is 2. The predicted molar refractivity (Wildman–Crippen MR) is 87.0 cm³/mol. The Kier molecular flexibility index (Phi) is 3.23. The van der Waals surface area contributed by atoms with Gasteiger partial charge in [-0.1, -0.05) is 23.2 Å². The van der Waals surface area contributed by atoms with E-state index in [0.29, 0.717) is 27.9 Å². The molecule has 0 bridgehead atoms. The number of fused-ring (bicyclic) bond motifs is 1. The minimum absolute atomic E-state index is 0.430. The summed E-state index contributed by atoms with van der Waals surface area (Å²) in [7, 11) is 0. The fraction of sp³-hybridized carbons (Fsp3) is 0.357. The maximum absolute atomic E-state index is 6.18. The normalized spacial score (nSPS) is 14.7. The number of aryl methyl sites for hydroxylation is 1. The molecule has 0 aromatic carbocycles. The topological polar surface area (TPSA) is 60.6 Å². The second-order valence-corrected chi connectivity index (χ2v) is 6.13. The lowest BCUT2D eigenvalue weighted by Gasteiger charge is -2.04. The highest BCUT2D eigenvalue weighted by molar-refractivity contribution is 6.35. The molecule has 1 fully saturated rings. The molecule has 4 rings (SSSR count). The zero-order valence-corrected chi connectivity index (χ0v) is 13.4. The Balaban J connectivity index is 1.69. The van der Waals surface area contributed by atoms with Gasteiger partial charge < -0.3 is 9.88 Å². The van der Waals surface area contributed by atoms with Crippen LogP contribution in [0.25, 0.3) is 11.0 Å². The summed E-state index contributed by atoms with van der Waals surface area (Å²) < 4.78 is 3.88. The van der Waals surface area contributed by atoms with E-state index in [0.717, 1.165) is 30.4 Å². The van der Waals surface area contributed by atoms with E-state index in [1.807, 2.05) is 28.6 Å². The van der Waals surface area contributed by atoms with Crippen molar-refractivity contribution in [1.29, 1.82) is 0 Å². The van der Waals surface area contributed by atoms with Crippen LogP contribution in [-0.2, 0) is 6.54 Å². The van der Waals surface area contributed by atoms with Gasteiger partial charge in [-0.05, 0) is 19.8 Å². The van der Waals surface area contributed by atoms with Crippen LogP contribution >= 0.6 is 23.2 Å². The first-order chi connectivity index (χ1) is 10.7. The minimum Gasteiger partial charge on any atom is -0.331 e. The SMILES string of the molecule is CCn1cc(Cl)c2cnc(Nc3cn(C4CC4)nc3Cl)nc21. The van der Waals surface area contributed by atoms with Crippen molar-refractivity contribution >= 4 is 45.9 Å². The van der Waals surface area contributed by atoms with Crippen molar-refractivity contribution in [2.24, 2.45) is 0 Å². The largest absolute Gasteiger partial charge is 0.331 e. The molecule has 0 atom stereocenters. The fourth-order valence-corrected chi connectivity index (χ4v) is 2.86. The van der Waals surface area contributed by atoms with Gasteiger partial charge in [0.25, 0.3) is 0 Å². The predicted octanol–water partition coefficient (Wildman–Crippen LogP) is 4.03. The molecule has 0 aliphatic heterocycles. The van der Waals surface area contributed by atoms with Crippen LogP contribution in [0, 0.1) is 0 Å². The molecular weight excluding hydrogens is 323 g/mol. The van der Waals surface area contributed by atoms with Gasteiger partial charge in [0.05, 0.1) is 28.3 Å². The first kappa shape index (κ1) is 13.8. The lowest BCUT2D eigenvalue weighted by Crippen LogP contribution is -1.99. The zero-order valence-electron chi connectivity index (χ0n) is 11.9. The summed E-state index contributed by atoms with van der Waals surface area (Å²) in [5.74, 6) is 0.481. The fourth-order valence-electron chi connectivity index (χ4n) is 2.43. The standard InChI is InChI=1S/C14H14Cl2N6/c1-2-21-6-10(15)9-5-17-14(19-13(9)21)18-11-7-22(8-3-4-8)20-12(11)16/h5-8H,2-4H2,1H3,(H,17,18,19). The number of nitrogens with one attached hydrogen (secondary N) is 1. The van der Waals surface area contributed by atoms with Crippen LogP contribution in [0.3, 0.4) is 0 Å². The summed E-state index contributed by atoms with van der Waals surface area (Å²) in [5.41, 5.74) is 1.52. The van der Waals surface area contributed by atoms with E-state index in [2.05, 4.69) is 20.4 Å². The van der Waals surface area contributed by atoms with Gasteiger partial charge >= 0.3 is 0 Å². The third-order valence-corrected chi connectivity index (χ3v) is 4.34. The molecule has 8 heteroatoms. The third-order valence-electron chi connectivity index (χ3n) is 3.76. The van der Waals surface area contributed by atoms with Gasteiger partial charge in [0.2, 0.25) is 5.95 Å². The summed E-state index contributed by atoms with van der Waals surface area (Å²) in [5, 5.41) is 9.37. The van der Waals surface area contributed by atoms with Crippen LogP contribution in [0.15, 0.2) is 18.6 Å². The molecule has 3 aromatic heterocycles. The van der Waals surface area contributed by atoms with Gasteiger partial charge in [-0.15, -0.1) is 0 Å². The van der Waals surface area contributed by atoms with Gasteiger partial charge in [0.15, 0.2) is 5.15 Å². The van der Waals surface area contributed by atoms with Crippen molar-refractivity contribution in [3.8, 4) is 0 Å². The van der Waals surface area contributed by atoms with Crippen molar-refractivity contribution in [2.45, 2.75) is 32.4 Å². The first-order valence-corrected chi connectivity index (χ1v) is 7.94. The molecule has 0 radical (unpaired) electrons. The van der Waals surface area contributed by atoms with Crippen molar-refractivity contribution in [3.05, 3.63) is 28.8 Å². The molecule has 1 N–H and O–H groups in total. The summed E-state index contributed by atoms with van der Waals surface area (Å²) in [6, 6.07) is 0.479. The minimum atomic E-state index is 0.430. The Morgan fingerprint density at radius 1 is 1.32 bits per heavy atom. The average molecular weight is 337 g/mol. The second-order valence-electron chi connectivity index (χ2n) is 5.36. The Morgan fingerprint density at radius 3 is 2.86 bits per heavy atom. The molecule has 3 aromatic rings. The van der Waals surface area contributed by atoms with Crippen molar-refractivity contribution in [2.75, 3.05) is 5.32 Å². The smallest absolute Gasteiger partial charge is 0.229 e. The number of anilines is 2. The van der Waals surface area contributed by atoms with Crippen LogP contribution in [0.1, 0.15) is 25.8 Å². The molecule has 0 saturated heterocycles. The molecule has 0 spiro atoms. The third kappa shape index (κ3) is 2.32. The first-order valence-electron chi connectivity index (χ1n) is 7.18. The molecule has 22 heavy (non-hydrogen) atoms. The van der Waals surface area contributed by atoms with E-state index in [-0.39, 0.29) is 0 Å². The molecule has 6 nitrogen and oxygen atoms in total. The molecular formula is C14H14Cl2N6. The highest BCUT2D eigenvalue weighted by Crippen LogP contribution is 2.36. The van der Waals surface area contributed by atoms with Gasteiger partial charge in [0.1, 0.15) is 5.65 Å². The van der Waals surface area contributed by atoms with E-state index in [1.165, 1.54) is 0 Å². The maximum atomic E-state index is 6.18. The summed E-state index contributed by atoms with van der Waals surface area (Å²) in [4.78, 5) is 8.84. The Hall–Kier alpha value is -1.79. The molecule has 1 saturated carbocycles. The summed E-state index contributed by atoms with van der Waals surface area (Å²) >= 11 is 12.4. The molecule has 0 unspecified atom stereocenters. The highest BCUT2D eigenvalue weighted by Gasteiger charge is 2.25. The Labute approximate surface area is 137 Å². The van der Waals surface area contributed by atoms with E-state index in [4.69, 9.17) is 23.2 Å². The van der Waals surface area contributed by atoms with Gasteiger partial charge in [-0.25, -0.2) is 4.98 Å². The maximum Gasteiger partial charge on any atom is 0.229 e. The molecule has 3 heterocycles. The van der Waals surface area contributed by atoms with Gasteiger partial charge in [0, 0.05) is 18.9 Å². The van der Waals surface area contributed by atoms with Crippen LogP contribution < -0.4 is 5.32 Å². The highest BCUT2D eigenvalue weighted by atomic mass is 35.5. The van der Waals surface area contributed by atoms with Crippen LogP contribution in [-0.4, -0.2) is 24.3 Å². The van der Waals surface area contributed by atoms with Crippen LogP contribution in [0.5, 0.6) is 0 Å². The molecule has 1 aliphatic carbocycles. The van der Waals surface area contributed by atoms with E-state index >= 15 is 0 Å². The van der Waals surface area contributed by atoms with Crippen LogP contribution in [0.2, 0.25) is 10.2 Å². The molecule has 0 amide bonds. The van der Waals surface area contributed by atoms with Gasteiger partial charge in [-0.2, -0.15) is 10.1 Å². The molecule has 114 valence electrons. The average Bonchev–Trinajstić information content (AvgIpc) is 3.23. The summed E-state index contributed by atoms with van der Waals surface area (Å²) in [6.07, 6.45) is 7.80. The number of aromatic nitrogens is 5. The Morgan fingerprint density at radius 2 is 2.14 bits per heavy atom. The number of hydrogen-bond donors (Lipinski definition) is 1. The van der Waals surface area contributed by atoms with E-state index in [9.17, 15) is 0 Å². The van der Waals surface area contributed by atoms with Crippen molar-refractivity contribution in [3.63, 3.8) is 0 Å². The number of rotatable bonds is 4. The second kappa shape index (κ2) is 5.14. The monoisotopic (exact) mass is 336 g/mol. The lowest BCUT2D eigenvalue weighted by atomic mass is 10.4. The van der Waals surface area contributed by atoms with Crippen LogP contribution in [0.4, 0.5) is 11.6 Å². The van der Waals surface area contributed by atoms with Gasteiger partial charge in [-0.3, -0.25) is 4.68 Å². The number of nitrogens with zero attached hydrogens (tertiary/aromatic N) is 5. The quantitative estimate of drug-likeness (QED) is 0.781. The van der Waals surface area contributed by atoms with Crippen molar-refractivity contribution < 1.29 is 0 Å².